The summed E-state index contributed by atoms with van der Waals surface area (Å²) in [6, 6.07) is 13.9. The van der Waals surface area contributed by atoms with Crippen molar-refractivity contribution in [3.8, 4) is 16.9 Å². The summed E-state index contributed by atoms with van der Waals surface area (Å²) in [4.78, 5) is 10.9. The Morgan fingerprint density at radius 3 is 2.32 bits per heavy atom. The minimum absolute atomic E-state index is 0.0884. The minimum atomic E-state index is -1.52. The number of rotatable bonds is 6. The first-order valence-electron chi connectivity index (χ1n) is 8.77. The third kappa shape index (κ3) is 4.49. The third-order valence-electron chi connectivity index (χ3n) is 4.55. The fourth-order valence-electron chi connectivity index (χ4n) is 3.08. The van der Waals surface area contributed by atoms with Crippen LogP contribution in [0.15, 0.2) is 48.5 Å². The molecule has 5 N–H and O–H groups in total. The highest BCUT2D eigenvalue weighted by Gasteiger charge is 2.44. The second-order valence-electron chi connectivity index (χ2n) is 6.61. The monoisotopic (exact) mass is 390 g/mol. The largest absolute Gasteiger partial charge is 0.481 e. The van der Waals surface area contributed by atoms with Crippen molar-refractivity contribution in [2.24, 2.45) is 0 Å². The number of hydrogen-bond acceptors (Lipinski definition) is 7. The van der Waals surface area contributed by atoms with Gasteiger partial charge in [-0.05, 0) is 28.8 Å². The van der Waals surface area contributed by atoms with Gasteiger partial charge in [-0.2, -0.15) is 0 Å². The zero-order valence-corrected chi connectivity index (χ0v) is 14.9. The molecule has 0 aromatic heterocycles. The van der Waals surface area contributed by atoms with Crippen molar-refractivity contribution in [2.45, 2.75) is 37.1 Å². The van der Waals surface area contributed by atoms with Crippen LogP contribution in [0.4, 0.5) is 0 Å². The molecule has 1 saturated heterocycles. The van der Waals surface area contributed by atoms with E-state index in [9.17, 15) is 25.2 Å². The molecule has 0 amide bonds. The van der Waals surface area contributed by atoms with Gasteiger partial charge < -0.3 is 35.0 Å². The summed E-state index contributed by atoms with van der Waals surface area (Å²) in [6.07, 6.45) is -6.90. The number of carboxylic acid groups (broad SMARTS) is 1. The van der Waals surface area contributed by atoms with Crippen LogP contribution >= 0.6 is 0 Å². The smallest absolute Gasteiger partial charge is 0.307 e. The molecule has 0 bridgehead atoms. The van der Waals surface area contributed by atoms with Crippen LogP contribution in [0, 0.1) is 0 Å². The third-order valence-corrected chi connectivity index (χ3v) is 4.55. The van der Waals surface area contributed by atoms with Crippen LogP contribution < -0.4 is 4.74 Å². The van der Waals surface area contributed by atoms with E-state index in [1.54, 1.807) is 36.4 Å². The standard InChI is InChI=1S/C20H22O8/c21-10-15-17(24)18(25)19(26)20(28-15)27-14-6-2-5-13(9-14)12-4-1-3-11(7-12)8-16(22)23/h1-7,9,15,17-21,24-26H,8,10H2,(H,22,23)/t15-,17-,18+,19+,20+/m1/s1. The molecule has 2 aromatic carbocycles. The Bertz CT molecular complexity index is 821. The van der Waals surface area contributed by atoms with Gasteiger partial charge >= 0.3 is 5.97 Å². The molecule has 8 nitrogen and oxygen atoms in total. The average molecular weight is 390 g/mol. The molecule has 8 heteroatoms. The number of carbonyl (C=O) groups is 1. The molecule has 0 unspecified atom stereocenters. The Morgan fingerprint density at radius 2 is 1.64 bits per heavy atom. The van der Waals surface area contributed by atoms with E-state index in [2.05, 4.69) is 0 Å². The van der Waals surface area contributed by atoms with Gasteiger partial charge in [-0.3, -0.25) is 4.79 Å². The quantitative estimate of drug-likeness (QED) is 0.470. The molecule has 3 rings (SSSR count). The van der Waals surface area contributed by atoms with Crippen molar-refractivity contribution in [1.82, 2.24) is 0 Å². The fourth-order valence-corrected chi connectivity index (χ4v) is 3.08. The van der Waals surface area contributed by atoms with E-state index in [1.807, 2.05) is 12.1 Å². The molecule has 1 aliphatic heterocycles. The summed E-state index contributed by atoms with van der Waals surface area (Å²) >= 11 is 0. The Hall–Kier alpha value is -2.49. The molecule has 150 valence electrons. The second-order valence-corrected chi connectivity index (χ2v) is 6.61. The number of aliphatic hydroxyl groups excluding tert-OH is 4. The maximum atomic E-state index is 10.9. The van der Waals surface area contributed by atoms with Gasteiger partial charge in [-0.15, -0.1) is 0 Å². The summed E-state index contributed by atoms with van der Waals surface area (Å²) in [5, 5.41) is 48.0. The predicted octanol–water partition coefficient (Wildman–Crippen LogP) is 0.159. The van der Waals surface area contributed by atoms with E-state index >= 15 is 0 Å². The van der Waals surface area contributed by atoms with Gasteiger partial charge in [0.15, 0.2) is 0 Å². The Morgan fingerprint density at radius 1 is 0.964 bits per heavy atom. The maximum absolute atomic E-state index is 10.9. The average Bonchev–Trinajstić information content (AvgIpc) is 2.68. The molecule has 0 radical (unpaired) electrons. The number of ether oxygens (including phenoxy) is 2. The first kappa shape index (κ1) is 20.2. The highest BCUT2D eigenvalue weighted by molar-refractivity contribution is 5.72. The number of benzene rings is 2. The van der Waals surface area contributed by atoms with Gasteiger partial charge in [-0.1, -0.05) is 36.4 Å². The van der Waals surface area contributed by atoms with Crippen LogP contribution in [-0.4, -0.2) is 68.8 Å². The number of aliphatic hydroxyl groups is 4. The zero-order valence-electron chi connectivity index (χ0n) is 14.9. The van der Waals surface area contributed by atoms with Crippen LogP contribution in [0.5, 0.6) is 5.75 Å². The van der Waals surface area contributed by atoms with Gasteiger partial charge in [0.25, 0.3) is 0 Å². The maximum Gasteiger partial charge on any atom is 0.307 e. The summed E-state index contributed by atoms with van der Waals surface area (Å²) in [5.41, 5.74) is 2.21. The van der Waals surface area contributed by atoms with Crippen molar-refractivity contribution >= 4 is 5.97 Å². The Balaban J connectivity index is 1.79. The summed E-state index contributed by atoms with van der Waals surface area (Å²) in [7, 11) is 0. The predicted molar refractivity (Wildman–Crippen MR) is 97.6 cm³/mol. The first-order chi connectivity index (χ1) is 13.4. The number of carboxylic acids is 1. The SMILES string of the molecule is O=C(O)Cc1cccc(-c2cccc(O[C@H]3O[C@H](CO)[C@@H](O)[C@H](O)[C@@H]3O)c2)c1. The first-order valence-corrected chi connectivity index (χ1v) is 8.77. The Kier molecular flexibility index (Phi) is 6.28. The number of hydrogen-bond donors (Lipinski definition) is 5. The lowest BCUT2D eigenvalue weighted by Gasteiger charge is -2.39. The van der Waals surface area contributed by atoms with E-state index in [-0.39, 0.29) is 6.42 Å². The molecule has 0 saturated carbocycles. The summed E-state index contributed by atoms with van der Waals surface area (Å²) < 4.78 is 11.0. The second kappa shape index (κ2) is 8.68. The molecule has 1 aliphatic rings. The minimum Gasteiger partial charge on any atom is -0.481 e. The highest BCUT2D eigenvalue weighted by Crippen LogP contribution is 2.28. The van der Waals surface area contributed by atoms with Crippen LogP contribution in [0.1, 0.15) is 5.56 Å². The molecule has 0 spiro atoms. The van der Waals surface area contributed by atoms with Gasteiger partial charge in [0.1, 0.15) is 30.2 Å². The van der Waals surface area contributed by atoms with Gasteiger partial charge in [0, 0.05) is 0 Å². The van der Waals surface area contributed by atoms with Crippen molar-refractivity contribution in [3.05, 3.63) is 54.1 Å². The van der Waals surface area contributed by atoms with Crippen molar-refractivity contribution in [1.29, 1.82) is 0 Å². The Labute approximate surface area is 161 Å². The van der Waals surface area contributed by atoms with Crippen LogP contribution in [-0.2, 0) is 16.0 Å². The lowest BCUT2D eigenvalue weighted by atomic mass is 9.99. The van der Waals surface area contributed by atoms with Crippen molar-refractivity contribution < 1.29 is 39.8 Å². The molecule has 1 heterocycles. The molecule has 2 aromatic rings. The van der Waals surface area contributed by atoms with Gasteiger partial charge in [-0.25, -0.2) is 0 Å². The molecular formula is C20H22O8. The van der Waals surface area contributed by atoms with Gasteiger partial charge in [0.05, 0.1) is 13.0 Å². The van der Waals surface area contributed by atoms with Crippen LogP contribution in [0.25, 0.3) is 11.1 Å². The molecule has 0 aliphatic carbocycles. The van der Waals surface area contributed by atoms with Crippen molar-refractivity contribution in [3.63, 3.8) is 0 Å². The van der Waals surface area contributed by atoms with E-state index in [1.165, 1.54) is 0 Å². The highest BCUT2D eigenvalue weighted by atomic mass is 16.7. The normalized spacial score (nSPS) is 27.4. The lowest BCUT2D eigenvalue weighted by Crippen LogP contribution is -2.60. The topological polar surface area (TPSA) is 137 Å². The van der Waals surface area contributed by atoms with Gasteiger partial charge in [0.2, 0.25) is 6.29 Å². The van der Waals surface area contributed by atoms with E-state index in [4.69, 9.17) is 14.6 Å². The number of aliphatic carboxylic acids is 1. The molecular weight excluding hydrogens is 368 g/mol. The lowest BCUT2D eigenvalue weighted by molar-refractivity contribution is -0.277. The van der Waals surface area contributed by atoms with E-state index in [0.29, 0.717) is 11.3 Å². The fraction of sp³-hybridized carbons (Fsp3) is 0.350. The summed E-state index contributed by atoms with van der Waals surface area (Å²) in [5.74, 6) is -0.581. The van der Waals surface area contributed by atoms with E-state index in [0.717, 1.165) is 11.1 Å². The molecule has 1 fully saturated rings. The molecule has 28 heavy (non-hydrogen) atoms. The van der Waals surface area contributed by atoms with Crippen molar-refractivity contribution in [2.75, 3.05) is 6.61 Å². The summed E-state index contributed by atoms with van der Waals surface area (Å²) in [6.45, 7) is -0.540. The van der Waals surface area contributed by atoms with Crippen LogP contribution in [0.3, 0.4) is 0 Å². The molecule has 5 atom stereocenters. The van der Waals surface area contributed by atoms with Crippen LogP contribution in [0.2, 0.25) is 0 Å². The van der Waals surface area contributed by atoms with E-state index < -0.39 is 43.3 Å². The zero-order chi connectivity index (χ0) is 20.3.